The summed E-state index contributed by atoms with van der Waals surface area (Å²) in [6.07, 6.45) is 7.02. The number of benzene rings is 1. The number of hydrogen-bond donors (Lipinski definition) is 2. The molecule has 0 aromatic heterocycles. The van der Waals surface area contributed by atoms with Gasteiger partial charge in [0.15, 0.2) is 9.84 Å². The Hall–Kier alpha value is -2.15. The largest absolute Gasteiger partial charge is 0.392 e. The van der Waals surface area contributed by atoms with Gasteiger partial charge in [0.05, 0.1) is 72.7 Å². The van der Waals surface area contributed by atoms with Crippen LogP contribution in [0.1, 0.15) is 45.4 Å². The predicted octanol–water partition coefficient (Wildman–Crippen LogP) is 4.56. The van der Waals surface area contributed by atoms with Gasteiger partial charge in [-0.3, -0.25) is 0 Å². The van der Waals surface area contributed by atoms with Crippen LogP contribution in [0.5, 0.6) is 0 Å². The van der Waals surface area contributed by atoms with Gasteiger partial charge in [-0.2, -0.15) is 0 Å². The number of aliphatic hydroxyl groups is 1. The van der Waals surface area contributed by atoms with E-state index < -0.39 is 40.2 Å². The van der Waals surface area contributed by atoms with Crippen LogP contribution in [-0.4, -0.2) is 95.0 Å². The monoisotopic (exact) mass is 659 g/mol. The molecule has 3 aliphatic rings. The van der Waals surface area contributed by atoms with E-state index >= 15 is 0 Å². The summed E-state index contributed by atoms with van der Waals surface area (Å²) >= 11 is 0. The molecule has 7 unspecified atom stereocenters. The lowest BCUT2D eigenvalue weighted by atomic mass is 9.83. The van der Waals surface area contributed by atoms with Crippen molar-refractivity contribution < 1.29 is 37.2 Å². The Morgan fingerprint density at radius 2 is 1.85 bits per heavy atom. The molecule has 1 aromatic rings. The summed E-state index contributed by atoms with van der Waals surface area (Å²) in [6, 6.07) is 8.44. The van der Waals surface area contributed by atoms with E-state index in [9.17, 15) is 13.5 Å². The molecule has 3 saturated heterocycles. The first kappa shape index (κ1) is 36.7. The molecule has 256 valence electrons. The Balaban J connectivity index is 1.42. The summed E-state index contributed by atoms with van der Waals surface area (Å²) < 4.78 is 57.8. The molecule has 46 heavy (non-hydrogen) atoms. The van der Waals surface area contributed by atoms with Gasteiger partial charge < -0.3 is 34.5 Å². The van der Waals surface area contributed by atoms with Crippen molar-refractivity contribution >= 4 is 9.84 Å². The molecular formula is C36H53NO8S. The topological polar surface area (TPSA) is 127 Å². The van der Waals surface area contributed by atoms with Gasteiger partial charge in [-0.25, -0.2) is 8.42 Å². The van der Waals surface area contributed by atoms with Crippen LogP contribution in [-0.2, 0) is 33.5 Å². The normalized spacial score (nSPS) is 32.7. The third kappa shape index (κ3) is 9.70. The van der Waals surface area contributed by atoms with Gasteiger partial charge in [-0.1, -0.05) is 56.5 Å². The van der Waals surface area contributed by atoms with Crippen LogP contribution in [0.15, 0.2) is 84.3 Å². The second kappa shape index (κ2) is 17.3. The van der Waals surface area contributed by atoms with E-state index in [4.69, 9.17) is 29.4 Å². The molecule has 3 fully saturated rings. The maximum Gasteiger partial charge on any atom is 0.178 e. The third-order valence-corrected chi connectivity index (χ3v) is 11.3. The summed E-state index contributed by atoms with van der Waals surface area (Å²) in [5, 5.41) is 10.4. The van der Waals surface area contributed by atoms with Crippen molar-refractivity contribution in [1.29, 1.82) is 0 Å². The molecule has 10 heteroatoms. The molecule has 9 nitrogen and oxygen atoms in total. The molecule has 10 atom stereocenters. The molecule has 3 N–H and O–H groups in total. The number of ether oxygens (including phenoxy) is 5. The van der Waals surface area contributed by atoms with E-state index in [0.717, 1.165) is 36.8 Å². The molecule has 0 saturated carbocycles. The number of nitrogens with two attached hydrogens (primary N) is 1. The number of methoxy groups -OCH3 is 1. The van der Waals surface area contributed by atoms with Crippen LogP contribution in [0.25, 0.3) is 0 Å². The van der Waals surface area contributed by atoms with Gasteiger partial charge in [0.1, 0.15) is 0 Å². The van der Waals surface area contributed by atoms with Crippen molar-refractivity contribution in [3.8, 4) is 0 Å². The van der Waals surface area contributed by atoms with Crippen molar-refractivity contribution in [2.75, 3.05) is 32.6 Å². The summed E-state index contributed by atoms with van der Waals surface area (Å²) in [6.45, 7) is 15.6. The van der Waals surface area contributed by atoms with Gasteiger partial charge in [0, 0.05) is 38.8 Å². The van der Waals surface area contributed by atoms with Crippen molar-refractivity contribution in [3.63, 3.8) is 0 Å². The Bertz CT molecular complexity index is 1280. The molecule has 4 rings (SSSR count). The summed E-state index contributed by atoms with van der Waals surface area (Å²) in [4.78, 5) is 0.260. The molecular weight excluding hydrogens is 606 g/mol. The SMILES string of the molecule is C=CCOC/C=C/C1CC(=C)[C@H](CCC2CC(C)C(=C)C(C[C@@H]3OC(CC(O)CN)[C@H](OC)C3CS(=O)(=O)c3ccccc3)O2)O1. The minimum absolute atomic E-state index is 0.00775. The molecule has 3 aliphatic heterocycles. The maximum absolute atomic E-state index is 13.5. The number of hydrogen-bond acceptors (Lipinski definition) is 9. The minimum atomic E-state index is -3.64. The van der Waals surface area contributed by atoms with E-state index in [0.29, 0.717) is 19.6 Å². The Morgan fingerprint density at radius 1 is 1.09 bits per heavy atom. The second-order valence-electron chi connectivity index (χ2n) is 12.8. The molecule has 0 radical (unpaired) electrons. The standard InChI is InChI=1S/C36H53NO8S/c1-6-16-42-17-10-11-28-19-25(3)32(43-28)15-14-29-18-24(2)26(4)33(44-29)21-34-31(23-46(39,40)30-12-8-7-9-13-30)36(41-5)35(45-34)20-27(38)22-37/h6-13,24,27-29,31-36,38H,1,3-4,14-23,37H2,2,5H3/b11-10+/t24?,27?,28?,29?,31?,32-,33?,34-,35?,36+/m0/s1. The lowest BCUT2D eigenvalue weighted by Gasteiger charge is -2.38. The lowest BCUT2D eigenvalue weighted by molar-refractivity contribution is -0.0766. The van der Waals surface area contributed by atoms with E-state index in [1.807, 2.05) is 12.2 Å². The van der Waals surface area contributed by atoms with Crippen LogP contribution in [0.2, 0.25) is 0 Å². The van der Waals surface area contributed by atoms with Crippen molar-refractivity contribution in [2.45, 2.75) is 99.2 Å². The Morgan fingerprint density at radius 3 is 2.54 bits per heavy atom. The van der Waals surface area contributed by atoms with E-state index in [1.54, 1.807) is 43.5 Å². The van der Waals surface area contributed by atoms with Gasteiger partial charge in [0.25, 0.3) is 0 Å². The van der Waals surface area contributed by atoms with Gasteiger partial charge in [-0.15, -0.1) is 6.58 Å². The zero-order valence-electron chi connectivity index (χ0n) is 27.4. The summed E-state index contributed by atoms with van der Waals surface area (Å²) in [5.41, 5.74) is 7.78. The Labute approximate surface area is 275 Å². The summed E-state index contributed by atoms with van der Waals surface area (Å²) in [5.74, 6) is -0.395. The van der Waals surface area contributed by atoms with Gasteiger partial charge in [-0.05, 0) is 48.5 Å². The first-order valence-electron chi connectivity index (χ1n) is 16.4. The Kier molecular flexibility index (Phi) is 13.8. The lowest BCUT2D eigenvalue weighted by Crippen LogP contribution is -2.40. The van der Waals surface area contributed by atoms with E-state index in [2.05, 4.69) is 26.7 Å². The van der Waals surface area contributed by atoms with Crippen molar-refractivity contribution in [3.05, 3.63) is 79.4 Å². The molecule has 0 spiro atoms. The van der Waals surface area contributed by atoms with Crippen LogP contribution in [0, 0.1) is 11.8 Å². The second-order valence-corrected chi connectivity index (χ2v) is 14.9. The third-order valence-electron chi connectivity index (χ3n) is 9.45. The minimum Gasteiger partial charge on any atom is -0.392 e. The van der Waals surface area contributed by atoms with E-state index in [-0.39, 0.29) is 53.9 Å². The fourth-order valence-corrected chi connectivity index (χ4v) is 8.59. The van der Waals surface area contributed by atoms with Crippen LogP contribution < -0.4 is 5.73 Å². The van der Waals surface area contributed by atoms with Crippen LogP contribution >= 0.6 is 0 Å². The highest BCUT2D eigenvalue weighted by molar-refractivity contribution is 7.91. The zero-order chi connectivity index (χ0) is 33.3. The van der Waals surface area contributed by atoms with Gasteiger partial charge >= 0.3 is 0 Å². The molecule has 1 aromatic carbocycles. The smallest absolute Gasteiger partial charge is 0.178 e. The molecule has 0 bridgehead atoms. The average molecular weight is 660 g/mol. The molecule has 0 aliphatic carbocycles. The quantitative estimate of drug-likeness (QED) is 0.183. The predicted molar refractivity (Wildman–Crippen MR) is 179 cm³/mol. The fourth-order valence-electron chi connectivity index (χ4n) is 6.92. The highest BCUT2D eigenvalue weighted by Gasteiger charge is 2.48. The first-order chi connectivity index (χ1) is 22.1. The van der Waals surface area contributed by atoms with Crippen molar-refractivity contribution in [1.82, 2.24) is 0 Å². The molecule has 0 amide bonds. The highest BCUT2D eigenvalue weighted by Crippen LogP contribution is 2.41. The van der Waals surface area contributed by atoms with Crippen molar-refractivity contribution in [2.24, 2.45) is 17.6 Å². The zero-order valence-corrected chi connectivity index (χ0v) is 28.2. The highest BCUT2D eigenvalue weighted by atomic mass is 32.2. The van der Waals surface area contributed by atoms with E-state index in [1.165, 1.54) is 0 Å². The fraction of sp³-hybridized carbons (Fsp3) is 0.611. The number of rotatable bonds is 17. The summed E-state index contributed by atoms with van der Waals surface area (Å²) in [7, 11) is -2.08. The number of sulfone groups is 1. The number of aliphatic hydroxyl groups excluding tert-OH is 1. The average Bonchev–Trinajstić information content (AvgIpc) is 3.55. The van der Waals surface area contributed by atoms with Gasteiger partial charge in [0.2, 0.25) is 0 Å². The van der Waals surface area contributed by atoms with Crippen LogP contribution in [0.3, 0.4) is 0 Å². The molecule has 3 heterocycles. The first-order valence-corrected chi connectivity index (χ1v) is 18.1. The van der Waals surface area contributed by atoms with Crippen LogP contribution in [0.4, 0.5) is 0 Å². The maximum atomic E-state index is 13.5.